The minimum absolute atomic E-state index is 0.269. The molecular weight excluding hydrogens is 288 g/mol. The fourth-order valence-corrected chi connectivity index (χ4v) is 2.27. The number of aryl methyl sites for hydroxylation is 2. The van der Waals surface area contributed by atoms with Gasteiger partial charge >= 0.3 is 0 Å². The minimum Gasteiger partial charge on any atom is -0.351 e. The largest absolute Gasteiger partial charge is 0.351 e. The number of amides is 2. The molecular formula is C19H30N2O2. The fourth-order valence-electron chi connectivity index (χ4n) is 2.27. The van der Waals surface area contributed by atoms with Crippen LogP contribution in [-0.2, 0) is 22.4 Å². The van der Waals surface area contributed by atoms with E-state index in [0.717, 1.165) is 29.7 Å². The number of anilines is 1. The quantitative estimate of drug-likeness (QED) is 0.813. The second-order valence-electron chi connectivity index (χ2n) is 7.44. The molecule has 0 aliphatic heterocycles. The zero-order chi connectivity index (χ0) is 17.8. The third kappa shape index (κ3) is 4.81. The Morgan fingerprint density at radius 1 is 0.913 bits per heavy atom. The zero-order valence-electron chi connectivity index (χ0n) is 15.5. The number of hydrogen-bond acceptors (Lipinski definition) is 2. The Labute approximate surface area is 140 Å². The van der Waals surface area contributed by atoms with Gasteiger partial charge in [0.05, 0.1) is 0 Å². The van der Waals surface area contributed by atoms with Crippen LogP contribution in [0.3, 0.4) is 0 Å². The van der Waals surface area contributed by atoms with Crippen LogP contribution in [0.25, 0.3) is 0 Å². The van der Waals surface area contributed by atoms with Crippen molar-refractivity contribution < 1.29 is 9.59 Å². The van der Waals surface area contributed by atoms with Gasteiger partial charge in [-0.05, 0) is 58.6 Å². The lowest BCUT2D eigenvalue weighted by Gasteiger charge is -2.29. The van der Waals surface area contributed by atoms with Crippen molar-refractivity contribution in [2.75, 3.05) is 5.32 Å². The van der Waals surface area contributed by atoms with Gasteiger partial charge in [0, 0.05) is 11.2 Å². The molecule has 0 heterocycles. The van der Waals surface area contributed by atoms with E-state index in [4.69, 9.17) is 0 Å². The van der Waals surface area contributed by atoms with Gasteiger partial charge in [0.25, 0.3) is 0 Å². The molecule has 0 aliphatic rings. The Bertz CT molecular complexity index is 561. The molecule has 0 aromatic heterocycles. The van der Waals surface area contributed by atoms with Gasteiger partial charge in [0.2, 0.25) is 11.8 Å². The normalized spacial score (nSPS) is 12.0. The first kappa shape index (κ1) is 19.2. The summed E-state index contributed by atoms with van der Waals surface area (Å²) in [5, 5.41) is 5.87. The first-order chi connectivity index (χ1) is 10.5. The number of rotatable bonds is 5. The van der Waals surface area contributed by atoms with Crippen LogP contribution in [0.4, 0.5) is 5.69 Å². The number of hydrogen-bond donors (Lipinski definition) is 2. The maximum atomic E-state index is 12.7. The summed E-state index contributed by atoms with van der Waals surface area (Å²) in [6.45, 7) is 13.1. The standard InChI is InChI=1S/C19H30N2O2/c1-8-13-11-10-12-14(9-2)15(13)20-16(22)19(6,7)17(23)21-18(3,4)5/h10-12H,8-9H2,1-7H3,(H,20,22)(H,21,23). The third-order valence-corrected chi connectivity index (χ3v) is 3.86. The van der Waals surface area contributed by atoms with Crippen LogP contribution < -0.4 is 10.6 Å². The fraction of sp³-hybridized carbons (Fsp3) is 0.579. The first-order valence-electron chi connectivity index (χ1n) is 8.27. The van der Waals surface area contributed by atoms with Crippen molar-refractivity contribution in [3.63, 3.8) is 0 Å². The number of nitrogens with one attached hydrogen (secondary N) is 2. The Balaban J connectivity index is 3.05. The summed E-state index contributed by atoms with van der Waals surface area (Å²) in [6, 6.07) is 6.03. The summed E-state index contributed by atoms with van der Waals surface area (Å²) in [4.78, 5) is 25.2. The molecule has 128 valence electrons. The lowest BCUT2D eigenvalue weighted by atomic mass is 9.89. The van der Waals surface area contributed by atoms with Gasteiger partial charge in [-0.15, -0.1) is 0 Å². The van der Waals surface area contributed by atoms with Crippen molar-refractivity contribution in [1.82, 2.24) is 5.32 Å². The molecule has 1 aromatic rings. The lowest BCUT2D eigenvalue weighted by molar-refractivity contribution is -0.139. The summed E-state index contributed by atoms with van der Waals surface area (Å²) in [5.74, 6) is -0.552. The molecule has 1 rings (SSSR count). The molecule has 0 radical (unpaired) electrons. The second kappa shape index (κ2) is 7.16. The number of para-hydroxylation sites is 1. The van der Waals surface area contributed by atoms with Crippen LogP contribution in [-0.4, -0.2) is 17.4 Å². The molecule has 4 heteroatoms. The molecule has 0 bridgehead atoms. The Kier molecular flexibility index (Phi) is 5.98. The van der Waals surface area contributed by atoms with Gasteiger partial charge in [-0.25, -0.2) is 0 Å². The van der Waals surface area contributed by atoms with Crippen molar-refractivity contribution in [1.29, 1.82) is 0 Å². The smallest absolute Gasteiger partial charge is 0.239 e. The van der Waals surface area contributed by atoms with Gasteiger partial charge in [-0.1, -0.05) is 32.0 Å². The van der Waals surface area contributed by atoms with Gasteiger partial charge in [0.15, 0.2) is 0 Å². The SMILES string of the molecule is CCc1cccc(CC)c1NC(=O)C(C)(C)C(=O)NC(C)(C)C. The van der Waals surface area contributed by atoms with Crippen molar-refractivity contribution in [2.24, 2.45) is 5.41 Å². The lowest BCUT2D eigenvalue weighted by Crippen LogP contribution is -2.51. The Morgan fingerprint density at radius 2 is 1.39 bits per heavy atom. The number of carbonyl (C=O) groups is 2. The van der Waals surface area contributed by atoms with Crippen molar-refractivity contribution >= 4 is 17.5 Å². The van der Waals surface area contributed by atoms with Gasteiger partial charge in [-0.2, -0.15) is 0 Å². The third-order valence-electron chi connectivity index (χ3n) is 3.86. The maximum absolute atomic E-state index is 12.7. The van der Waals surface area contributed by atoms with Crippen molar-refractivity contribution in [3.8, 4) is 0 Å². The molecule has 0 fully saturated rings. The molecule has 0 spiro atoms. The van der Waals surface area contributed by atoms with E-state index in [2.05, 4.69) is 24.5 Å². The average molecular weight is 318 g/mol. The maximum Gasteiger partial charge on any atom is 0.239 e. The molecule has 0 atom stereocenters. The van der Waals surface area contributed by atoms with Crippen LogP contribution in [0, 0.1) is 5.41 Å². The van der Waals surface area contributed by atoms with E-state index in [1.54, 1.807) is 13.8 Å². The van der Waals surface area contributed by atoms with Crippen LogP contribution >= 0.6 is 0 Å². The van der Waals surface area contributed by atoms with E-state index < -0.39 is 5.41 Å². The average Bonchev–Trinajstić information content (AvgIpc) is 2.45. The molecule has 2 amide bonds. The molecule has 2 N–H and O–H groups in total. The second-order valence-corrected chi connectivity index (χ2v) is 7.44. The summed E-state index contributed by atoms with van der Waals surface area (Å²) in [5.41, 5.74) is 1.51. The highest BCUT2D eigenvalue weighted by molar-refractivity contribution is 6.10. The monoisotopic (exact) mass is 318 g/mol. The number of benzene rings is 1. The predicted octanol–water partition coefficient (Wildman–Crippen LogP) is 3.69. The van der Waals surface area contributed by atoms with Crippen LogP contribution in [0.2, 0.25) is 0 Å². The summed E-state index contributed by atoms with van der Waals surface area (Å²) >= 11 is 0. The minimum atomic E-state index is -1.14. The highest BCUT2D eigenvalue weighted by Gasteiger charge is 2.38. The zero-order valence-corrected chi connectivity index (χ0v) is 15.5. The highest BCUT2D eigenvalue weighted by Crippen LogP contribution is 2.26. The molecule has 4 nitrogen and oxygen atoms in total. The van der Waals surface area contributed by atoms with Gasteiger partial charge in [0.1, 0.15) is 5.41 Å². The van der Waals surface area contributed by atoms with Crippen LogP contribution in [0.1, 0.15) is 59.6 Å². The van der Waals surface area contributed by atoms with Crippen LogP contribution in [0.5, 0.6) is 0 Å². The molecule has 0 aliphatic carbocycles. The Hall–Kier alpha value is -1.84. The summed E-state index contributed by atoms with van der Waals surface area (Å²) in [7, 11) is 0. The predicted molar refractivity (Wildman–Crippen MR) is 95.5 cm³/mol. The molecule has 1 aromatic carbocycles. The summed E-state index contributed by atoms with van der Waals surface area (Å²) in [6.07, 6.45) is 1.66. The van der Waals surface area contributed by atoms with E-state index in [0.29, 0.717) is 0 Å². The van der Waals surface area contributed by atoms with Crippen molar-refractivity contribution in [2.45, 2.75) is 66.8 Å². The topological polar surface area (TPSA) is 58.2 Å². The molecule has 0 unspecified atom stereocenters. The van der Waals surface area contributed by atoms with E-state index in [1.807, 2.05) is 39.0 Å². The van der Waals surface area contributed by atoms with Gasteiger partial charge in [-0.3, -0.25) is 9.59 Å². The Morgan fingerprint density at radius 3 is 1.78 bits per heavy atom. The van der Waals surface area contributed by atoms with Crippen LogP contribution in [0.15, 0.2) is 18.2 Å². The first-order valence-corrected chi connectivity index (χ1v) is 8.27. The molecule has 0 saturated heterocycles. The van der Waals surface area contributed by atoms with Crippen molar-refractivity contribution in [3.05, 3.63) is 29.3 Å². The van der Waals surface area contributed by atoms with Gasteiger partial charge < -0.3 is 10.6 Å². The molecule has 0 saturated carbocycles. The van der Waals surface area contributed by atoms with E-state index in [9.17, 15) is 9.59 Å². The van der Waals surface area contributed by atoms with E-state index in [1.165, 1.54) is 0 Å². The summed E-state index contributed by atoms with van der Waals surface area (Å²) < 4.78 is 0. The highest BCUT2D eigenvalue weighted by atomic mass is 16.2. The molecule has 23 heavy (non-hydrogen) atoms. The van der Waals surface area contributed by atoms with E-state index in [-0.39, 0.29) is 17.4 Å². The number of carbonyl (C=O) groups excluding carboxylic acids is 2. The van der Waals surface area contributed by atoms with E-state index >= 15 is 0 Å².